The lowest BCUT2D eigenvalue weighted by atomic mass is 10.2. The predicted octanol–water partition coefficient (Wildman–Crippen LogP) is 4.72. The highest BCUT2D eigenvalue weighted by atomic mass is 79.9. The third kappa shape index (κ3) is 4.35. The summed E-state index contributed by atoms with van der Waals surface area (Å²) in [5, 5.41) is 8.32. The van der Waals surface area contributed by atoms with Crippen molar-refractivity contribution in [3.63, 3.8) is 0 Å². The summed E-state index contributed by atoms with van der Waals surface area (Å²) in [4.78, 5) is 12.9. The van der Waals surface area contributed by atoms with Gasteiger partial charge in [-0.15, -0.1) is 11.3 Å². The third-order valence-electron chi connectivity index (χ3n) is 2.74. The largest absolute Gasteiger partial charge is 0.380 e. The molecular weight excluding hydrogens is 336 g/mol. The van der Waals surface area contributed by atoms with Crippen molar-refractivity contribution in [1.29, 1.82) is 0 Å². The van der Waals surface area contributed by atoms with Gasteiger partial charge in [0.15, 0.2) is 0 Å². The Balaban J connectivity index is 1.97. The predicted molar refractivity (Wildman–Crippen MR) is 89.3 cm³/mol. The Labute approximate surface area is 131 Å². The van der Waals surface area contributed by atoms with Crippen molar-refractivity contribution in [3.8, 4) is 0 Å². The van der Waals surface area contributed by atoms with Crippen molar-refractivity contribution in [2.24, 2.45) is 5.92 Å². The van der Waals surface area contributed by atoms with Crippen LogP contribution in [0.25, 0.3) is 0 Å². The smallest absolute Gasteiger partial charge is 0.226 e. The molecule has 1 aromatic carbocycles. The molecular formula is C15H17BrN2OS. The Morgan fingerprint density at radius 2 is 2.05 bits per heavy atom. The van der Waals surface area contributed by atoms with Gasteiger partial charge in [-0.25, -0.2) is 0 Å². The average Bonchev–Trinajstić information content (AvgIpc) is 2.82. The molecule has 106 valence electrons. The molecule has 0 aliphatic heterocycles. The van der Waals surface area contributed by atoms with Crippen LogP contribution in [0.2, 0.25) is 0 Å². The van der Waals surface area contributed by atoms with E-state index in [0.717, 1.165) is 22.4 Å². The van der Waals surface area contributed by atoms with Gasteiger partial charge in [-0.1, -0.05) is 19.9 Å². The van der Waals surface area contributed by atoms with Crippen LogP contribution in [0.15, 0.2) is 40.2 Å². The molecule has 0 atom stereocenters. The molecule has 0 unspecified atom stereocenters. The van der Waals surface area contributed by atoms with Crippen molar-refractivity contribution < 1.29 is 4.79 Å². The van der Waals surface area contributed by atoms with E-state index in [4.69, 9.17) is 0 Å². The summed E-state index contributed by atoms with van der Waals surface area (Å²) < 4.78 is 1.11. The van der Waals surface area contributed by atoms with Crippen LogP contribution in [0.4, 0.5) is 11.4 Å². The maximum Gasteiger partial charge on any atom is 0.226 e. The van der Waals surface area contributed by atoms with Crippen molar-refractivity contribution in [1.82, 2.24) is 0 Å². The van der Waals surface area contributed by atoms with Crippen molar-refractivity contribution in [3.05, 3.63) is 45.1 Å². The fourth-order valence-corrected chi connectivity index (χ4v) is 3.02. The normalized spacial score (nSPS) is 10.6. The maximum absolute atomic E-state index is 11.7. The number of rotatable bonds is 5. The number of carbonyl (C=O) groups is 1. The first-order valence-corrected chi connectivity index (χ1v) is 8.09. The molecule has 0 saturated carbocycles. The maximum atomic E-state index is 11.7. The molecule has 2 aromatic rings. The fraction of sp³-hybridized carbons (Fsp3) is 0.267. The van der Waals surface area contributed by atoms with E-state index in [0.29, 0.717) is 0 Å². The van der Waals surface area contributed by atoms with Crippen molar-refractivity contribution >= 4 is 44.5 Å². The number of benzene rings is 1. The van der Waals surface area contributed by atoms with Crippen LogP contribution < -0.4 is 10.6 Å². The molecule has 1 amide bonds. The van der Waals surface area contributed by atoms with Gasteiger partial charge in [0.2, 0.25) is 5.91 Å². The number of halogens is 1. The molecule has 0 bridgehead atoms. The Hall–Kier alpha value is -1.33. The quantitative estimate of drug-likeness (QED) is 0.817. The summed E-state index contributed by atoms with van der Waals surface area (Å²) in [6.45, 7) is 4.54. The number of hydrogen-bond acceptors (Lipinski definition) is 3. The molecule has 0 aliphatic carbocycles. The topological polar surface area (TPSA) is 41.1 Å². The van der Waals surface area contributed by atoms with Gasteiger partial charge in [-0.3, -0.25) is 4.79 Å². The number of anilines is 2. The summed E-state index contributed by atoms with van der Waals surface area (Å²) in [6.07, 6.45) is 0. The van der Waals surface area contributed by atoms with Gasteiger partial charge < -0.3 is 10.6 Å². The highest BCUT2D eigenvalue weighted by molar-refractivity contribution is 9.10. The molecule has 0 radical (unpaired) electrons. The van der Waals surface area contributed by atoms with Crippen molar-refractivity contribution in [2.45, 2.75) is 20.4 Å². The Morgan fingerprint density at radius 3 is 2.70 bits per heavy atom. The molecule has 0 saturated heterocycles. The highest BCUT2D eigenvalue weighted by Gasteiger charge is 2.07. The third-order valence-corrected chi connectivity index (χ3v) is 4.44. The van der Waals surface area contributed by atoms with Gasteiger partial charge >= 0.3 is 0 Å². The molecule has 1 aromatic heterocycles. The second kappa shape index (κ2) is 6.90. The average molecular weight is 353 g/mol. The number of nitrogens with one attached hydrogen (secondary N) is 2. The molecule has 0 spiro atoms. The first kappa shape index (κ1) is 15.1. The second-order valence-corrected chi connectivity index (χ2v) is 6.72. The lowest BCUT2D eigenvalue weighted by Gasteiger charge is -2.10. The van der Waals surface area contributed by atoms with Gasteiger partial charge in [0.1, 0.15) is 0 Å². The molecule has 1 heterocycles. The first-order chi connectivity index (χ1) is 9.54. The van der Waals surface area contributed by atoms with Crippen LogP contribution in [0.5, 0.6) is 0 Å². The molecule has 20 heavy (non-hydrogen) atoms. The molecule has 3 nitrogen and oxygen atoms in total. The molecule has 0 fully saturated rings. The lowest BCUT2D eigenvalue weighted by molar-refractivity contribution is -0.118. The van der Waals surface area contributed by atoms with Gasteiger partial charge in [0.05, 0.1) is 0 Å². The Morgan fingerprint density at radius 1 is 1.30 bits per heavy atom. The Bertz CT molecular complexity index is 595. The summed E-state index contributed by atoms with van der Waals surface area (Å²) in [7, 11) is 0. The van der Waals surface area contributed by atoms with E-state index in [1.807, 2.05) is 38.1 Å². The highest BCUT2D eigenvalue weighted by Crippen LogP contribution is 2.22. The van der Waals surface area contributed by atoms with Crippen LogP contribution in [-0.2, 0) is 11.3 Å². The van der Waals surface area contributed by atoms with E-state index in [1.165, 1.54) is 4.88 Å². The van der Waals surface area contributed by atoms with Crippen LogP contribution in [0, 0.1) is 5.92 Å². The van der Waals surface area contributed by atoms with Crippen molar-refractivity contribution in [2.75, 3.05) is 10.6 Å². The summed E-state index contributed by atoms with van der Waals surface area (Å²) in [5.41, 5.74) is 1.82. The number of hydrogen-bond donors (Lipinski definition) is 2. The van der Waals surface area contributed by atoms with E-state index >= 15 is 0 Å². The van der Waals surface area contributed by atoms with Gasteiger partial charge in [0, 0.05) is 38.6 Å². The molecule has 5 heteroatoms. The summed E-state index contributed by atoms with van der Waals surface area (Å²) in [6, 6.07) is 9.87. The second-order valence-electron chi connectivity index (χ2n) is 4.81. The number of amides is 1. The molecule has 2 rings (SSSR count). The lowest BCUT2D eigenvalue weighted by Crippen LogP contribution is -2.17. The Kier molecular flexibility index (Phi) is 5.20. The van der Waals surface area contributed by atoms with Crippen LogP contribution >= 0.6 is 27.3 Å². The summed E-state index contributed by atoms with van der Waals surface area (Å²) >= 11 is 5.15. The summed E-state index contributed by atoms with van der Waals surface area (Å²) in [5.74, 6) is 0.0134. The van der Waals surface area contributed by atoms with Gasteiger partial charge in [-0.2, -0.15) is 0 Å². The van der Waals surface area contributed by atoms with Crippen LogP contribution in [0.3, 0.4) is 0 Å². The van der Waals surface area contributed by atoms with E-state index < -0.39 is 0 Å². The van der Waals surface area contributed by atoms with E-state index in [-0.39, 0.29) is 11.8 Å². The van der Waals surface area contributed by atoms with E-state index in [1.54, 1.807) is 11.3 Å². The number of thiophene rings is 1. The van der Waals surface area contributed by atoms with E-state index in [9.17, 15) is 4.79 Å². The first-order valence-electron chi connectivity index (χ1n) is 6.42. The number of carbonyl (C=O) groups excluding carboxylic acids is 1. The zero-order valence-corrected chi connectivity index (χ0v) is 13.8. The SMILES string of the molecule is CC(C)C(=O)Nc1cccc(NCc2cc(Br)cs2)c1. The van der Waals surface area contributed by atoms with Gasteiger partial charge in [0.25, 0.3) is 0 Å². The van der Waals surface area contributed by atoms with Crippen LogP contribution in [-0.4, -0.2) is 5.91 Å². The van der Waals surface area contributed by atoms with Gasteiger partial charge in [-0.05, 0) is 40.2 Å². The van der Waals surface area contributed by atoms with E-state index in [2.05, 4.69) is 38.0 Å². The zero-order chi connectivity index (χ0) is 14.5. The minimum atomic E-state index is -0.0184. The molecule has 2 N–H and O–H groups in total. The minimum Gasteiger partial charge on any atom is -0.380 e. The standard InChI is InChI=1S/C15H17BrN2OS/c1-10(2)15(19)18-13-5-3-4-12(7-13)17-8-14-6-11(16)9-20-14/h3-7,9-10,17H,8H2,1-2H3,(H,18,19). The monoisotopic (exact) mass is 352 g/mol. The molecule has 0 aliphatic rings. The fourth-order valence-electron chi connectivity index (χ4n) is 1.63. The minimum absolute atomic E-state index is 0.0184. The van der Waals surface area contributed by atoms with Crippen LogP contribution in [0.1, 0.15) is 18.7 Å². The zero-order valence-electron chi connectivity index (χ0n) is 11.4.